The van der Waals surface area contributed by atoms with Crippen LogP contribution < -0.4 is 11.2 Å². The normalized spacial score (nSPS) is 9.80. The quantitative estimate of drug-likeness (QED) is 0.439. The predicted molar refractivity (Wildman–Crippen MR) is 61.1 cm³/mol. The van der Waals surface area contributed by atoms with Gasteiger partial charge in [0, 0.05) is 10.2 Å². The van der Waals surface area contributed by atoms with E-state index < -0.39 is 6.03 Å². The van der Waals surface area contributed by atoms with Gasteiger partial charge in [-0.1, -0.05) is 15.9 Å². The fraction of sp³-hybridized carbons (Fsp3) is 0.222. The number of hydrogen-bond acceptors (Lipinski definition) is 3. The van der Waals surface area contributed by atoms with Crippen molar-refractivity contribution >= 4 is 27.6 Å². The summed E-state index contributed by atoms with van der Waals surface area (Å²) in [6.45, 7) is -0.0629. The molecule has 2 amide bonds. The molecule has 0 aliphatic heterocycles. The summed E-state index contributed by atoms with van der Waals surface area (Å²) in [5.41, 5.74) is 0.650. The zero-order chi connectivity index (χ0) is 11.3. The van der Waals surface area contributed by atoms with Gasteiger partial charge < -0.3 is 10.4 Å². The number of nitrogens with two attached hydrogens (primary N) is 1. The van der Waals surface area contributed by atoms with Gasteiger partial charge in [-0.25, -0.2) is 10.6 Å². The number of aliphatic hydroxyl groups excluding tert-OH is 1. The van der Waals surface area contributed by atoms with Crippen LogP contribution in [0.3, 0.4) is 0 Å². The van der Waals surface area contributed by atoms with Gasteiger partial charge in [0.15, 0.2) is 0 Å². The third kappa shape index (κ3) is 3.86. The van der Waals surface area contributed by atoms with Gasteiger partial charge in [0.1, 0.15) is 0 Å². The second kappa shape index (κ2) is 5.69. The number of carbonyl (C=O) groups is 1. The maximum absolute atomic E-state index is 11.4. The van der Waals surface area contributed by atoms with Crippen LogP contribution in [0.5, 0.6) is 0 Å². The van der Waals surface area contributed by atoms with E-state index in [-0.39, 0.29) is 13.2 Å². The lowest BCUT2D eigenvalue weighted by Crippen LogP contribution is -2.42. The summed E-state index contributed by atoms with van der Waals surface area (Å²) < 4.78 is 0.931. The van der Waals surface area contributed by atoms with E-state index in [4.69, 9.17) is 10.9 Å². The Morgan fingerprint density at radius 2 is 2.07 bits per heavy atom. The highest BCUT2D eigenvalue weighted by Crippen LogP contribution is 2.14. The molecule has 4 N–H and O–H groups in total. The molecule has 0 saturated carbocycles. The van der Waals surface area contributed by atoms with Crippen molar-refractivity contribution < 1.29 is 9.90 Å². The molecular weight excluding hydrogens is 262 g/mol. The zero-order valence-corrected chi connectivity index (χ0v) is 9.57. The molecule has 0 heterocycles. The molecule has 0 aliphatic rings. The number of benzene rings is 1. The molecule has 1 rings (SSSR count). The van der Waals surface area contributed by atoms with Crippen LogP contribution >= 0.6 is 15.9 Å². The summed E-state index contributed by atoms with van der Waals surface area (Å²) in [4.78, 5) is 11.4. The molecule has 0 saturated heterocycles. The molecule has 0 aromatic heterocycles. The molecule has 15 heavy (non-hydrogen) atoms. The van der Waals surface area contributed by atoms with Crippen molar-refractivity contribution in [3.63, 3.8) is 0 Å². The van der Waals surface area contributed by atoms with Gasteiger partial charge in [0.25, 0.3) is 0 Å². The topological polar surface area (TPSA) is 78.6 Å². The van der Waals surface area contributed by atoms with Crippen molar-refractivity contribution in [1.82, 2.24) is 5.01 Å². The smallest absolute Gasteiger partial charge is 0.336 e. The largest absolute Gasteiger partial charge is 0.394 e. The Bertz CT molecular complexity index is 329. The van der Waals surface area contributed by atoms with Crippen molar-refractivity contribution in [3.8, 4) is 0 Å². The number of urea groups is 1. The Hall–Kier alpha value is -1.11. The highest BCUT2D eigenvalue weighted by molar-refractivity contribution is 9.10. The van der Waals surface area contributed by atoms with E-state index in [0.29, 0.717) is 5.69 Å². The molecule has 0 bridgehead atoms. The van der Waals surface area contributed by atoms with E-state index in [1.54, 1.807) is 12.1 Å². The number of hydrazine groups is 1. The van der Waals surface area contributed by atoms with Crippen LogP contribution in [0.1, 0.15) is 0 Å². The standard InChI is InChI=1S/C9H12BrN3O2/c10-7-1-3-8(4-2-7)12-9(15)13(11)5-6-14/h1-4,14H,5-6,11H2,(H,12,15). The zero-order valence-electron chi connectivity index (χ0n) is 7.98. The molecular formula is C9H12BrN3O2. The van der Waals surface area contributed by atoms with Crippen molar-refractivity contribution in [3.05, 3.63) is 28.7 Å². The fourth-order valence-electron chi connectivity index (χ4n) is 0.938. The first-order valence-electron chi connectivity index (χ1n) is 4.33. The third-order valence-electron chi connectivity index (χ3n) is 1.70. The van der Waals surface area contributed by atoms with E-state index in [1.807, 2.05) is 12.1 Å². The molecule has 1 aromatic rings. The van der Waals surface area contributed by atoms with Crippen molar-refractivity contribution in [1.29, 1.82) is 0 Å². The number of amides is 2. The predicted octanol–water partition coefficient (Wildman–Crippen LogP) is 1.15. The minimum absolute atomic E-state index is 0.0996. The average molecular weight is 274 g/mol. The van der Waals surface area contributed by atoms with E-state index in [0.717, 1.165) is 9.48 Å². The van der Waals surface area contributed by atoms with Crippen molar-refractivity contribution in [2.24, 2.45) is 5.84 Å². The minimum Gasteiger partial charge on any atom is -0.394 e. The number of aliphatic hydroxyl groups is 1. The van der Waals surface area contributed by atoms with Crippen LogP contribution in [-0.2, 0) is 0 Å². The Morgan fingerprint density at radius 3 is 2.60 bits per heavy atom. The van der Waals surface area contributed by atoms with E-state index in [2.05, 4.69) is 21.2 Å². The van der Waals surface area contributed by atoms with Crippen LogP contribution in [0, 0.1) is 0 Å². The molecule has 5 nitrogen and oxygen atoms in total. The lowest BCUT2D eigenvalue weighted by Gasteiger charge is -2.15. The summed E-state index contributed by atoms with van der Waals surface area (Å²) in [6.07, 6.45) is 0. The first-order valence-corrected chi connectivity index (χ1v) is 5.12. The fourth-order valence-corrected chi connectivity index (χ4v) is 1.20. The van der Waals surface area contributed by atoms with Gasteiger partial charge in [-0.05, 0) is 24.3 Å². The monoisotopic (exact) mass is 273 g/mol. The summed E-state index contributed by atoms with van der Waals surface area (Å²) in [5, 5.41) is 12.1. The Balaban J connectivity index is 2.54. The van der Waals surface area contributed by atoms with Crippen LogP contribution in [0.15, 0.2) is 28.7 Å². The summed E-state index contributed by atoms with van der Waals surface area (Å²) in [5.74, 6) is 5.36. The number of hydrogen-bond donors (Lipinski definition) is 3. The summed E-state index contributed by atoms with van der Waals surface area (Å²) in [6, 6.07) is 6.65. The first kappa shape index (κ1) is 12.0. The van der Waals surface area contributed by atoms with E-state index >= 15 is 0 Å². The first-order chi connectivity index (χ1) is 7.13. The lowest BCUT2D eigenvalue weighted by molar-refractivity contribution is 0.190. The second-order valence-electron chi connectivity index (χ2n) is 2.85. The SMILES string of the molecule is NN(CCO)C(=O)Nc1ccc(Br)cc1. The Morgan fingerprint density at radius 1 is 1.47 bits per heavy atom. The molecule has 0 unspecified atom stereocenters. The van der Waals surface area contributed by atoms with Crippen LogP contribution in [0.2, 0.25) is 0 Å². The highest BCUT2D eigenvalue weighted by atomic mass is 79.9. The summed E-state index contributed by atoms with van der Waals surface area (Å²) in [7, 11) is 0. The third-order valence-corrected chi connectivity index (χ3v) is 2.23. The Labute approximate surface area is 96.0 Å². The molecule has 82 valence electrons. The van der Waals surface area contributed by atoms with Gasteiger partial charge in [0.2, 0.25) is 0 Å². The van der Waals surface area contributed by atoms with Gasteiger partial charge in [-0.2, -0.15) is 0 Å². The van der Waals surface area contributed by atoms with Crippen molar-refractivity contribution in [2.45, 2.75) is 0 Å². The second-order valence-corrected chi connectivity index (χ2v) is 3.77. The number of nitrogens with zero attached hydrogens (tertiary/aromatic N) is 1. The number of rotatable bonds is 3. The molecule has 1 aromatic carbocycles. The van der Waals surface area contributed by atoms with Crippen LogP contribution in [-0.4, -0.2) is 29.3 Å². The number of nitrogens with one attached hydrogen (secondary N) is 1. The average Bonchev–Trinajstić information content (AvgIpc) is 2.22. The van der Waals surface area contributed by atoms with Gasteiger partial charge in [-0.15, -0.1) is 0 Å². The maximum atomic E-state index is 11.4. The summed E-state index contributed by atoms with van der Waals surface area (Å²) >= 11 is 3.28. The lowest BCUT2D eigenvalue weighted by atomic mass is 10.3. The van der Waals surface area contributed by atoms with E-state index in [9.17, 15) is 4.79 Å². The highest BCUT2D eigenvalue weighted by Gasteiger charge is 2.07. The van der Waals surface area contributed by atoms with Gasteiger partial charge in [-0.3, -0.25) is 5.01 Å². The van der Waals surface area contributed by atoms with Crippen molar-refractivity contribution in [2.75, 3.05) is 18.5 Å². The molecule has 6 heteroatoms. The molecule has 0 atom stereocenters. The van der Waals surface area contributed by atoms with Gasteiger partial charge in [0.05, 0.1) is 13.2 Å². The molecule has 0 aliphatic carbocycles. The maximum Gasteiger partial charge on any atom is 0.336 e. The van der Waals surface area contributed by atoms with E-state index in [1.165, 1.54) is 0 Å². The van der Waals surface area contributed by atoms with Crippen LogP contribution in [0.4, 0.5) is 10.5 Å². The Kier molecular flexibility index (Phi) is 4.54. The number of halogens is 1. The van der Waals surface area contributed by atoms with Gasteiger partial charge >= 0.3 is 6.03 Å². The molecule has 0 fully saturated rings. The number of anilines is 1. The minimum atomic E-state index is -0.452. The van der Waals surface area contributed by atoms with Crippen LogP contribution in [0.25, 0.3) is 0 Å². The molecule has 0 spiro atoms. The molecule has 0 radical (unpaired) electrons. The number of carbonyl (C=O) groups excluding carboxylic acids is 1.